The summed E-state index contributed by atoms with van der Waals surface area (Å²) in [7, 11) is 1.18. The highest BCUT2D eigenvalue weighted by Crippen LogP contribution is 2.47. The molecule has 1 atom stereocenters. The summed E-state index contributed by atoms with van der Waals surface area (Å²) in [6, 6.07) is -0.799. The first kappa shape index (κ1) is 15.5. The molecule has 0 amide bonds. The highest BCUT2D eigenvalue weighted by molar-refractivity contribution is 6.02. The number of nitrogens with one attached hydrogen (secondary N) is 1. The van der Waals surface area contributed by atoms with E-state index in [1.807, 2.05) is 0 Å². The summed E-state index contributed by atoms with van der Waals surface area (Å²) in [4.78, 5) is 22.6. The Bertz CT molecular complexity index is 438. The van der Waals surface area contributed by atoms with Crippen LogP contribution in [0.25, 0.3) is 0 Å². The molecule has 0 spiro atoms. The van der Waals surface area contributed by atoms with Gasteiger partial charge in [-0.1, -0.05) is 13.8 Å². The molecule has 0 aromatic carbocycles. The summed E-state index contributed by atoms with van der Waals surface area (Å²) in [5, 5.41) is 2.61. The van der Waals surface area contributed by atoms with E-state index < -0.39 is 29.4 Å². The molecule has 7 heteroatoms. The smallest absolute Gasteiger partial charge is 0.454 e. The van der Waals surface area contributed by atoms with Crippen LogP contribution in [-0.2, 0) is 14.3 Å². The fourth-order valence-electron chi connectivity index (χ4n) is 2.13. The molecule has 0 heterocycles. The number of ketones is 1. The third kappa shape index (κ3) is 3.08. The van der Waals surface area contributed by atoms with Crippen LogP contribution in [0, 0.1) is 5.41 Å². The molecule has 4 nitrogen and oxygen atoms in total. The third-order valence-electron chi connectivity index (χ3n) is 3.03. The van der Waals surface area contributed by atoms with E-state index in [0.29, 0.717) is 0 Å². The molecule has 0 fully saturated rings. The normalized spacial score (nSPS) is 19.5. The van der Waals surface area contributed by atoms with Gasteiger partial charge in [0.2, 0.25) is 0 Å². The summed E-state index contributed by atoms with van der Waals surface area (Å²) in [5.41, 5.74) is -0.994. The van der Waals surface area contributed by atoms with Crippen LogP contribution in [0.3, 0.4) is 0 Å². The van der Waals surface area contributed by atoms with Crippen LogP contribution in [-0.4, -0.2) is 31.1 Å². The summed E-state index contributed by atoms with van der Waals surface area (Å²) in [6.07, 6.45) is -4.63. The molecule has 0 aromatic rings. The number of hydrogen-bond donors (Lipinski definition) is 1. The predicted molar refractivity (Wildman–Crippen MR) is 61.1 cm³/mol. The molecule has 1 aliphatic rings. The monoisotopic (exact) mass is 279 g/mol. The maximum Gasteiger partial charge on any atom is 0.454 e. The molecular weight excluding hydrogens is 263 g/mol. The van der Waals surface area contributed by atoms with E-state index in [1.54, 1.807) is 13.8 Å². The lowest BCUT2D eigenvalue weighted by molar-refractivity contribution is -0.168. The quantitative estimate of drug-likeness (QED) is 0.799. The Morgan fingerprint density at radius 1 is 1.37 bits per heavy atom. The summed E-state index contributed by atoms with van der Waals surface area (Å²) < 4.78 is 42.0. The van der Waals surface area contributed by atoms with Crippen molar-refractivity contribution in [1.82, 2.24) is 5.32 Å². The van der Waals surface area contributed by atoms with Crippen LogP contribution in [0.2, 0.25) is 0 Å². The van der Waals surface area contributed by atoms with Gasteiger partial charge in [0.25, 0.3) is 5.78 Å². The van der Waals surface area contributed by atoms with E-state index in [1.165, 1.54) is 14.0 Å². The highest BCUT2D eigenvalue weighted by Gasteiger charge is 2.51. The largest absolute Gasteiger partial charge is 0.467 e. The molecule has 19 heavy (non-hydrogen) atoms. The van der Waals surface area contributed by atoms with E-state index in [4.69, 9.17) is 0 Å². The number of esters is 1. The zero-order valence-corrected chi connectivity index (χ0v) is 11.1. The van der Waals surface area contributed by atoms with E-state index in [2.05, 4.69) is 10.1 Å². The van der Waals surface area contributed by atoms with Crippen molar-refractivity contribution in [2.24, 2.45) is 5.41 Å². The summed E-state index contributed by atoms with van der Waals surface area (Å²) >= 11 is 0. The lowest BCUT2D eigenvalue weighted by Gasteiger charge is -2.41. The highest BCUT2D eigenvalue weighted by atomic mass is 19.4. The first-order valence-corrected chi connectivity index (χ1v) is 5.70. The Labute approximate surface area is 109 Å². The summed E-state index contributed by atoms with van der Waals surface area (Å²) in [5.74, 6) is -2.46. The minimum Gasteiger partial charge on any atom is -0.467 e. The predicted octanol–water partition coefficient (Wildman–Crippen LogP) is 1.95. The SMILES string of the molecule is COC(=O)C(C)NC1=C(C(=O)C(F)(F)F)C(C)(C)C1. The molecule has 0 aliphatic heterocycles. The van der Waals surface area contributed by atoms with Gasteiger partial charge >= 0.3 is 12.1 Å². The third-order valence-corrected chi connectivity index (χ3v) is 3.03. The van der Waals surface area contributed by atoms with Gasteiger partial charge in [-0.25, -0.2) is 4.79 Å². The Morgan fingerprint density at radius 3 is 2.26 bits per heavy atom. The first-order chi connectivity index (χ1) is 8.50. The number of Topliss-reactive ketones (excluding diaryl/α,β-unsaturated/α-hetero) is 1. The molecular formula is C12H16F3NO3. The second-order valence-corrected chi connectivity index (χ2v) is 5.13. The lowest BCUT2D eigenvalue weighted by atomic mass is 9.67. The van der Waals surface area contributed by atoms with Crippen LogP contribution >= 0.6 is 0 Å². The van der Waals surface area contributed by atoms with Gasteiger partial charge < -0.3 is 10.1 Å². The van der Waals surface area contributed by atoms with Gasteiger partial charge in [-0.15, -0.1) is 0 Å². The van der Waals surface area contributed by atoms with Crippen molar-refractivity contribution in [3.63, 3.8) is 0 Å². The van der Waals surface area contributed by atoms with Crippen LogP contribution in [0.4, 0.5) is 13.2 Å². The van der Waals surface area contributed by atoms with Crippen molar-refractivity contribution in [2.45, 2.75) is 39.4 Å². The van der Waals surface area contributed by atoms with Crippen molar-refractivity contribution in [1.29, 1.82) is 0 Å². The number of methoxy groups -OCH3 is 1. The van der Waals surface area contributed by atoms with Crippen LogP contribution < -0.4 is 5.32 Å². The standard InChI is InChI=1S/C12H16F3NO3/c1-6(10(18)19-4)16-7-5-11(2,3)8(7)9(17)12(13,14)15/h6,16H,5H2,1-4H3. The van der Waals surface area contributed by atoms with Crippen molar-refractivity contribution >= 4 is 11.8 Å². The van der Waals surface area contributed by atoms with Gasteiger partial charge in [-0.05, 0) is 13.3 Å². The van der Waals surface area contributed by atoms with Crippen molar-refractivity contribution in [3.05, 3.63) is 11.3 Å². The Balaban J connectivity index is 2.98. The number of hydrogen-bond acceptors (Lipinski definition) is 4. The summed E-state index contributed by atoms with van der Waals surface area (Å²) in [6.45, 7) is 4.57. The average Bonchev–Trinajstić information content (AvgIpc) is 2.24. The Hall–Kier alpha value is -1.53. The zero-order valence-electron chi connectivity index (χ0n) is 11.1. The lowest BCUT2D eigenvalue weighted by Crippen LogP contribution is -2.46. The van der Waals surface area contributed by atoms with E-state index in [9.17, 15) is 22.8 Å². The molecule has 1 unspecified atom stereocenters. The van der Waals surface area contributed by atoms with Gasteiger partial charge in [0, 0.05) is 16.7 Å². The van der Waals surface area contributed by atoms with E-state index >= 15 is 0 Å². The molecule has 1 aliphatic carbocycles. The number of ether oxygens (including phenoxy) is 1. The number of allylic oxidation sites excluding steroid dienone is 2. The Morgan fingerprint density at radius 2 is 1.89 bits per heavy atom. The van der Waals surface area contributed by atoms with Crippen LogP contribution in [0.1, 0.15) is 27.2 Å². The van der Waals surface area contributed by atoms with Crippen LogP contribution in [0.5, 0.6) is 0 Å². The van der Waals surface area contributed by atoms with Gasteiger partial charge in [0.05, 0.1) is 7.11 Å². The Kier molecular flexibility index (Phi) is 3.97. The molecule has 1 rings (SSSR count). The van der Waals surface area contributed by atoms with Crippen molar-refractivity contribution < 1.29 is 27.5 Å². The van der Waals surface area contributed by atoms with E-state index in [-0.39, 0.29) is 17.7 Å². The molecule has 1 N–H and O–H groups in total. The second-order valence-electron chi connectivity index (χ2n) is 5.13. The maximum atomic E-state index is 12.5. The number of carbonyl (C=O) groups is 2. The molecule has 0 radical (unpaired) electrons. The fourth-order valence-corrected chi connectivity index (χ4v) is 2.13. The number of halogens is 3. The zero-order chi connectivity index (χ0) is 15.0. The minimum absolute atomic E-state index is 0.158. The van der Waals surface area contributed by atoms with Crippen molar-refractivity contribution in [2.75, 3.05) is 7.11 Å². The van der Waals surface area contributed by atoms with Gasteiger partial charge in [0.15, 0.2) is 0 Å². The topological polar surface area (TPSA) is 55.4 Å². The van der Waals surface area contributed by atoms with Crippen molar-refractivity contribution in [3.8, 4) is 0 Å². The maximum absolute atomic E-state index is 12.5. The number of rotatable bonds is 4. The molecule has 0 saturated carbocycles. The van der Waals surface area contributed by atoms with Gasteiger partial charge in [-0.3, -0.25) is 4.79 Å². The molecule has 0 bridgehead atoms. The molecule has 108 valence electrons. The molecule has 0 aromatic heterocycles. The van der Waals surface area contributed by atoms with Gasteiger partial charge in [0.1, 0.15) is 6.04 Å². The first-order valence-electron chi connectivity index (χ1n) is 5.70. The number of carbonyl (C=O) groups excluding carboxylic acids is 2. The molecule has 0 saturated heterocycles. The number of alkyl halides is 3. The second kappa shape index (κ2) is 4.86. The fraction of sp³-hybridized carbons (Fsp3) is 0.667. The minimum atomic E-state index is -4.91. The van der Waals surface area contributed by atoms with E-state index in [0.717, 1.165) is 0 Å². The average molecular weight is 279 g/mol. The van der Waals surface area contributed by atoms with Gasteiger partial charge in [-0.2, -0.15) is 13.2 Å². The van der Waals surface area contributed by atoms with Crippen LogP contribution in [0.15, 0.2) is 11.3 Å².